The van der Waals surface area contributed by atoms with Crippen molar-refractivity contribution in [2.45, 2.75) is 18.9 Å². The van der Waals surface area contributed by atoms with Crippen LogP contribution < -0.4 is 20.9 Å². The van der Waals surface area contributed by atoms with Crippen LogP contribution >= 0.6 is 39.7 Å². The Morgan fingerprint density at radius 3 is 3.00 bits per heavy atom. The van der Waals surface area contributed by atoms with Gasteiger partial charge in [0.15, 0.2) is 11.7 Å². The zero-order valence-electron chi connectivity index (χ0n) is 12.2. The zero-order valence-corrected chi connectivity index (χ0v) is 15.4. The molecule has 1 amide bonds. The van der Waals surface area contributed by atoms with Crippen molar-refractivity contribution in [3.63, 3.8) is 0 Å². The van der Waals surface area contributed by atoms with Crippen LogP contribution in [-0.2, 0) is 9.53 Å². The SMILES string of the molecule is O=C(COc1ccc(Br)cc1Cl)NNC(=S)NCC1CCCO1. The first-order chi connectivity index (χ1) is 11.0. The molecule has 1 atom stereocenters. The molecule has 0 aromatic heterocycles. The highest BCUT2D eigenvalue weighted by Gasteiger charge is 2.15. The van der Waals surface area contributed by atoms with Crippen LogP contribution in [0.1, 0.15) is 12.8 Å². The van der Waals surface area contributed by atoms with Gasteiger partial charge in [0, 0.05) is 17.6 Å². The van der Waals surface area contributed by atoms with Crippen LogP contribution in [0.5, 0.6) is 5.75 Å². The number of hydrazine groups is 1. The van der Waals surface area contributed by atoms with E-state index in [1.807, 2.05) is 0 Å². The van der Waals surface area contributed by atoms with Crippen LogP contribution in [0.25, 0.3) is 0 Å². The van der Waals surface area contributed by atoms with E-state index in [0.717, 1.165) is 23.9 Å². The van der Waals surface area contributed by atoms with E-state index in [1.54, 1.807) is 18.2 Å². The summed E-state index contributed by atoms with van der Waals surface area (Å²) in [7, 11) is 0. The summed E-state index contributed by atoms with van der Waals surface area (Å²) < 4.78 is 11.6. The molecule has 6 nitrogen and oxygen atoms in total. The lowest BCUT2D eigenvalue weighted by Crippen LogP contribution is -2.49. The van der Waals surface area contributed by atoms with Gasteiger partial charge in [-0.3, -0.25) is 15.6 Å². The second kappa shape index (κ2) is 9.27. The van der Waals surface area contributed by atoms with Gasteiger partial charge < -0.3 is 14.8 Å². The fourth-order valence-electron chi connectivity index (χ4n) is 1.95. The Morgan fingerprint density at radius 2 is 2.30 bits per heavy atom. The lowest BCUT2D eigenvalue weighted by molar-refractivity contribution is -0.123. The molecule has 2 rings (SSSR count). The highest BCUT2D eigenvalue weighted by molar-refractivity contribution is 9.10. The Balaban J connectivity index is 1.63. The molecule has 1 saturated heterocycles. The van der Waals surface area contributed by atoms with Gasteiger partial charge in [-0.25, -0.2) is 0 Å². The first kappa shape index (κ1) is 18.3. The van der Waals surface area contributed by atoms with E-state index in [1.165, 1.54) is 0 Å². The van der Waals surface area contributed by atoms with Gasteiger partial charge >= 0.3 is 0 Å². The molecule has 0 aliphatic carbocycles. The second-order valence-corrected chi connectivity index (χ2v) is 6.61. The summed E-state index contributed by atoms with van der Waals surface area (Å²) in [5.74, 6) is 0.0642. The molecule has 23 heavy (non-hydrogen) atoms. The van der Waals surface area contributed by atoms with Gasteiger partial charge in [-0.15, -0.1) is 0 Å². The van der Waals surface area contributed by atoms with Crippen LogP contribution in [0.3, 0.4) is 0 Å². The first-order valence-corrected chi connectivity index (χ1v) is 8.64. The zero-order chi connectivity index (χ0) is 16.7. The molecule has 1 aromatic rings. The molecule has 0 saturated carbocycles. The Hall–Kier alpha value is -1.09. The van der Waals surface area contributed by atoms with Gasteiger partial charge in [0.05, 0.1) is 11.1 Å². The van der Waals surface area contributed by atoms with E-state index in [4.69, 9.17) is 33.3 Å². The summed E-state index contributed by atoms with van der Waals surface area (Å²) in [6.45, 7) is 1.23. The Morgan fingerprint density at radius 1 is 1.48 bits per heavy atom. The van der Waals surface area contributed by atoms with E-state index in [9.17, 15) is 4.79 Å². The minimum Gasteiger partial charge on any atom is -0.482 e. The smallest absolute Gasteiger partial charge is 0.276 e. The minimum absolute atomic E-state index is 0.174. The molecule has 126 valence electrons. The van der Waals surface area contributed by atoms with Crippen molar-refractivity contribution in [3.05, 3.63) is 27.7 Å². The molecule has 1 aliphatic heterocycles. The van der Waals surface area contributed by atoms with E-state index in [-0.39, 0.29) is 18.6 Å². The standard InChI is InChI=1S/C14H17BrClN3O3S/c15-9-3-4-12(11(16)6-9)22-8-13(20)18-19-14(23)17-7-10-2-1-5-21-10/h3-4,6,10H,1-2,5,7-8H2,(H,18,20)(H2,17,19,23). The van der Waals surface area contributed by atoms with Gasteiger partial charge in [-0.1, -0.05) is 27.5 Å². The maximum Gasteiger partial charge on any atom is 0.276 e. The molecule has 0 bridgehead atoms. The third kappa shape index (κ3) is 6.50. The van der Waals surface area contributed by atoms with Gasteiger partial charge in [0.2, 0.25) is 0 Å². The largest absolute Gasteiger partial charge is 0.482 e. The number of carbonyl (C=O) groups excluding carboxylic acids is 1. The van der Waals surface area contributed by atoms with E-state index < -0.39 is 0 Å². The molecule has 1 unspecified atom stereocenters. The fourth-order valence-corrected chi connectivity index (χ4v) is 2.82. The molecule has 1 heterocycles. The number of amides is 1. The lowest BCUT2D eigenvalue weighted by atomic mass is 10.2. The summed E-state index contributed by atoms with van der Waals surface area (Å²) in [5.41, 5.74) is 5.06. The van der Waals surface area contributed by atoms with Crippen molar-refractivity contribution in [2.75, 3.05) is 19.8 Å². The van der Waals surface area contributed by atoms with Crippen molar-refractivity contribution >= 4 is 50.8 Å². The van der Waals surface area contributed by atoms with Crippen molar-refractivity contribution in [2.24, 2.45) is 0 Å². The molecule has 1 aromatic carbocycles. The van der Waals surface area contributed by atoms with Crippen LogP contribution in [0.15, 0.2) is 22.7 Å². The Bertz CT molecular complexity index is 570. The quantitative estimate of drug-likeness (QED) is 0.499. The van der Waals surface area contributed by atoms with E-state index >= 15 is 0 Å². The summed E-state index contributed by atoms with van der Waals surface area (Å²) in [4.78, 5) is 11.7. The van der Waals surface area contributed by atoms with Gasteiger partial charge in [0.1, 0.15) is 5.75 Å². The Labute approximate surface area is 153 Å². The highest BCUT2D eigenvalue weighted by Crippen LogP contribution is 2.27. The number of benzene rings is 1. The second-order valence-electron chi connectivity index (χ2n) is 4.88. The third-order valence-corrected chi connectivity index (χ3v) is 4.12. The van der Waals surface area contributed by atoms with Gasteiger partial charge in [-0.2, -0.15) is 0 Å². The molecular formula is C14H17BrClN3O3S. The van der Waals surface area contributed by atoms with Gasteiger partial charge in [0.25, 0.3) is 5.91 Å². The van der Waals surface area contributed by atoms with E-state index in [2.05, 4.69) is 32.1 Å². The highest BCUT2D eigenvalue weighted by atomic mass is 79.9. The van der Waals surface area contributed by atoms with Crippen molar-refractivity contribution < 1.29 is 14.3 Å². The first-order valence-electron chi connectivity index (χ1n) is 7.07. The number of nitrogens with one attached hydrogen (secondary N) is 3. The molecule has 1 fully saturated rings. The van der Waals surface area contributed by atoms with Gasteiger partial charge in [-0.05, 0) is 43.3 Å². The minimum atomic E-state index is -0.370. The molecule has 3 N–H and O–H groups in total. The topological polar surface area (TPSA) is 71.6 Å². The number of ether oxygens (including phenoxy) is 2. The van der Waals surface area contributed by atoms with Crippen molar-refractivity contribution in [1.29, 1.82) is 0 Å². The number of thiocarbonyl (C=S) groups is 1. The third-order valence-electron chi connectivity index (χ3n) is 3.08. The number of hydrogen-bond donors (Lipinski definition) is 3. The summed E-state index contributed by atoms with van der Waals surface area (Å²) in [6.07, 6.45) is 2.26. The number of halogens is 2. The molecule has 1 aliphatic rings. The molecule has 0 radical (unpaired) electrons. The summed E-state index contributed by atoms with van der Waals surface area (Å²) >= 11 is 14.4. The Kier molecular flexibility index (Phi) is 7.35. The van der Waals surface area contributed by atoms with Crippen molar-refractivity contribution in [3.8, 4) is 5.75 Å². The number of hydrogen-bond acceptors (Lipinski definition) is 4. The average Bonchev–Trinajstić information content (AvgIpc) is 3.03. The average molecular weight is 423 g/mol. The summed E-state index contributed by atoms with van der Waals surface area (Å²) in [6, 6.07) is 5.15. The van der Waals surface area contributed by atoms with Crippen molar-refractivity contribution in [1.82, 2.24) is 16.2 Å². The number of rotatable bonds is 5. The lowest BCUT2D eigenvalue weighted by Gasteiger charge is -2.14. The molecular weight excluding hydrogens is 406 g/mol. The summed E-state index contributed by atoms with van der Waals surface area (Å²) in [5, 5.41) is 3.74. The van der Waals surface area contributed by atoms with Crippen LogP contribution in [0.4, 0.5) is 0 Å². The van der Waals surface area contributed by atoms with Crippen LogP contribution in [-0.4, -0.2) is 36.9 Å². The van der Waals surface area contributed by atoms with Crippen LogP contribution in [0, 0.1) is 0 Å². The normalized spacial score (nSPS) is 16.7. The molecule has 0 spiro atoms. The monoisotopic (exact) mass is 421 g/mol. The predicted octanol–water partition coefficient (Wildman–Crippen LogP) is 2.16. The molecule has 9 heteroatoms. The maximum absolute atomic E-state index is 11.7. The fraction of sp³-hybridized carbons (Fsp3) is 0.429. The predicted molar refractivity (Wildman–Crippen MR) is 95.5 cm³/mol. The van der Waals surface area contributed by atoms with Crippen LogP contribution in [0.2, 0.25) is 5.02 Å². The van der Waals surface area contributed by atoms with E-state index in [0.29, 0.717) is 22.4 Å². The maximum atomic E-state index is 11.7. The number of carbonyl (C=O) groups is 1.